The predicted octanol–water partition coefficient (Wildman–Crippen LogP) is 1.61. The Morgan fingerprint density at radius 3 is 2.58 bits per heavy atom. The number of H-pyrrole nitrogens is 1. The van der Waals surface area contributed by atoms with Gasteiger partial charge in [-0.2, -0.15) is 5.21 Å². The topological polar surface area (TPSA) is 110 Å². The minimum Gasteiger partial charge on any atom is -0.366 e. The van der Waals surface area contributed by atoms with Crippen LogP contribution in [0.1, 0.15) is 46.9 Å². The second-order valence-electron chi connectivity index (χ2n) is 6.10. The smallest absolute Gasteiger partial charge is 0.250 e. The number of hydrogen-bond acceptors (Lipinski definition) is 5. The largest absolute Gasteiger partial charge is 0.366 e. The number of benzene rings is 1. The standard InChI is InChI=1S/C17H18N6O/c1-17(2,16-20-22-23-21-16)12-7-5-11(6-8-12)10-14-13(15(18)24)4-3-9-19-14/h3-9H,10H2,1-2H3,(H2,18,24)(H,20,21,22,23). The molecule has 7 nitrogen and oxygen atoms in total. The highest BCUT2D eigenvalue weighted by atomic mass is 16.1. The Bertz CT molecular complexity index is 840. The summed E-state index contributed by atoms with van der Waals surface area (Å²) in [6.45, 7) is 4.08. The first-order valence-electron chi connectivity index (χ1n) is 7.55. The van der Waals surface area contributed by atoms with E-state index in [1.54, 1.807) is 18.3 Å². The van der Waals surface area contributed by atoms with Gasteiger partial charge >= 0.3 is 0 Å². The molecule has 3 aromatic rings. The Labute approximate surface area is 139 Å². The van der Waals surface area contributed by atoms with E-state index >= 15 is 0 Å². The van der Waals surface area contributed by atoms with Crippen LogP contribution in [0.3, 0.4) is 0 Å². The zero-order chi connectivity index (χ0) is 17.2. The lowest BCUT2D eigenvalue weighted by atomic mass is 9.83. The van der Waals surface area contributed by atoms with E-state index in [4.69, 9.17) is 5.73 Å². The number of pyridine rings is 1. The van der Waals surface area contributed by atoms with Crippen molar-refractivity contribution in [2.24, 2.45) is 5.73 Å². The zero-order valence-electron chi connectivity index (χ0n) is 13.5. The van der Waals surface area contributed by atoms with Gasteiger partial charge in [-0.15, -0.1) is 10.2 Å². The molecule has 1 aromatic carbocycles. The lowest BCUT2D eigenvalue weighted by molar-refractivity contribution is 0.0999. The Balaban J connectivity index is 1.85. The van der Waals surface area contributed by atoms with Gasteiger partial charge in [-0.05, 0) is 37.1 Å². The molecule has 0 radical (unpaired) electrons. The maximum absolute atomic E-state index is 11.5. The summed E-state index contributed by atoms with van der Waals surface area (Å²) in [5.41, 5.74) is 8.30. The van der Waals surface area contributed by atoms with Crippen LogP contribution in [0.2, 0.25) is 0 Å². The molecule has 0 unspecified atom stereocenters. The molecule has 0 atom stereocenters. The van der Waals surface area contributed by atoms with Gasteiger partial charge in [-0.3, -0.25) is 9.78 Å². The molecule has 0 fully saturated rings. The van der Waals surface area contributed by atoms with Gasteiger partial charge in [0.2, 0.25) is 0 Å². The molecular formula is C17H18N6O. The van der Waals surface area contributed by atoms with E-state index in [2.05, 4.69) is 25.6 Å². The van der Waals surface area contributed by atoms with Gasteiger partial charge in [0.1, 0.15) is 0 Å². The molecule has 2 heterocycles. The number of nitrogens with one attached hydrogen (secondary N) is 1. The highest BCUT2D eigenvalue weighted by molar-refractivity contribution is 5.93. The third kappa shape index (κ3) is 3.01. The molecule has 0 saturated heterocycles. The summed E-state index contributed by atoms with van der Waals surface area (Å²) in [5.74, 6) is 0.170. The monoisotopic (exact) mass is 322 g/mol. The highest BCUT2D eigenvalue weighted by Crippen LogP contribution is 2.28. The number of amides is 1. The number of rotatable bonds is 5. The Morgan fingerprint density at radius 2 is 1.96 bits per heavy atom. The maximum atomic E-state index is 11.5. The van der Waals surface area contributed by atoms with Crippen LogP contribution < -0.4 is 5.73 Å². The van der Waals surface area contributed by atoms with Gasteiger partial charge in [0.25, 0.3) is 5.91 Å². The minimum atomic E-state index is -0.465. The van der Waals surface area contributed by atoms with E-state index in [-0.39, 0.29) is 5.41 Å². The second kappa shape index (κ2) is 6.19. The quantitative estimate of drug-likeness (QED) is 0.741. The number of aromatic nitrogens is 5. The summed E-state index contributed by atoms with van der Waals surface area (Å²) in [7, 11) is 0. The van der Waals surface area contributed by atoms with Crippen molar-refractivity contribution in [3.8, 4) is 0 Å². The fourth-order valence-electron chi connectivity index (χ4n) is 2.59. The summed E-state index contributed by atoms with van der Waals surface area (Å²) in [6.07, 6.45) is 2.21. The zero-order valence-corrected chi connectivity index (χ0v) is 13.5. The number of carbonyl (C=O) groups excluding carboxylic acids is 1. The van der Waals surface area contributed by atoms with Crippen molar-refractivity contribution >= 4 is 5.91 Å². The molecule has 7 heteroatoms. The minimum absolute atomic E-state index is 0.352. The second-order valence-corrected chi connectivity index (χ2v) is 6.10. The van der Waals surface area contributed by atoms with E-state index < -0.39 is 5.91 Å². The van der Waals surface area contributed by atoms with Crippen molar-refractivity contribution in [3.63, 3.8) is 0 Å². The van der Waals surface area contributed by atoms with E-state index in [1.165, 1.54) is 0 Å². The van der Waals surface area contributed by atoms with Gasteiger partial charge in [0.15, 0.2) is 5.82 Å². The molecule has 0 aliphatic rings. The molecule has 0 bridgehead atoms. The Morgan fingerprint density at radius 1 is 1.21 bits per heavy atom. The lowest BCUT2D eigenvalue weighted by Gasteiger charge is -2.21. The molecule has 122 valence electrons. The highest BCUT2D eigenvalue weighted by Gasteiger charge is 2.27. The normalized spacial score (nSPS) is 11.4. The van der Waals surface area contributed by atoms with Crippen molar-refractivity contribution in [3.05, 3.63) is 70.8 Å². The van der Waals surface area contributed by atoms with Crippen molar-refractivity contribution < 1.29 is 4.79 Å². The average molecular weight is 322 g/mol. The first kappa shape index (κ1) is 15.8. The molecular weight excluding hydrogens is 304 g/mol. The van der Waals surface area contributed by atoms with Crippen molar-refractivity contribution in [1.82, 2.24) is 25.6 Å². The van der Waals surface area contributed by atoms with Crippen LogP contribution in [0.5, 0.6) is 0 Å². The summed E-state index contributed by atoms with van der Waals surface area (Å²) < 4.78 is 0. The molecule has 24 heavy (non-hydrogen) atoms. The van der Waals surface area contributed by atoms with Gasteiger partial charge in [-0.1, -0.05) is 29.5 Å². The van der Waals surface area contributed by atoms with Crippen LogP contribution in [-0.4, -0.2) is 31.5 Å². The first-order chi connectivity index (χ1) is 11.5. The first-order valence-corrected chi connectivity index (χ1v) is 7.55. The average Bonchev–Trinajstić information content (AvgIpc) is 3.11. The van der Waals surface area contributed by atoms with Crippen LogP contribution in [0.15, 0.2) is 42.6 Å². The molecule has 0 saturated carbocycles. The summed E-state index contributed by atoms with van der Waals surface area (Å²) in [6, 6.07) is 11.5. The lowest BCUT2D eigenvalue weighted by Crippen LogP contribution is -2.21. The van der Waals surface area contributed by atoms with Crippen LogP contribution in [0.4, 0.5) is 0 Å². The number of nitrogens with two attached hydrogens (primary N) is 1. The summed E-state index contributed by atoms with van der Waals surface area (Å²) >= 11 is 0. The molecule has 0 spiro atoms. The fraction of sp³-hybridized carbons (Fsp3) is 0.235. The van der Waals surface area contributed by atoms with Gasteiger partial charge < -0.3 is 5.73 Å². The van der Waals surface area contributed by atoms with Crippen molar-refractivity contribution in [2.45, 2.75) is 25.7 Å². The molecule has 3 N–H and O–H groups in total. The third-order valence-electron chi connectivity index (χ3n) is 4.11. The number of carbonyl (C=O) groups is 1. The van der Waals surface area contributed by atoms with Gasteiger partial charge in [0, 0.05) is 12.6 Å². The molecule has 3 rings (SSSR count). The van der Waals surface area contributed by atoms with Crippen LogP contribution in [0, 0.1) is 0 Å². The van der Waals surface area contributed by atoms with Gasteiger partial charge in [-0.25, -0.2) is 0 Å². The molecule has 0 aliphatic carbocycles. The van der Waals surface area contributed by atoms with E-state index in [0.29, 0.717) is 23.5 Å². The Kier molecular flexibility index (Phi) is 4.07. The number of primary amides is 1. The van der Waals surface area contributed by atoms with E-state index in [9.17, 15) is 4.79 Å². The molecule has 0 aliphatic heterocycles. The third-order valence-corrected chi connectivity index (χ3v) is 4.11. The molecule has 1 amide bonds. The predicted molar refractivity (Wildman–Crippen MR) is 88.3 cm³/mol. The molecule has 2 aromatic heterocycles. The summed E-state index contributed by atoms with van der Waals surface area (Å²) in [5, 5.41) is 14.3. The Hall–Kier alpha value is -3.09. The van der Waals surface area contributed by atoms with Gasteiger partial charge in [0.05, 0.1) is 16.7 Å². The number of hydrogen-bond donors (Lipinski definition) is 2. The van der Waals surface area contributed by atoms with E-state index in [0.717, 1.165) is 11.1 Å². The summed E-state index contributed by atoms with van der Waals surface area (Å²) in [4.78, 5) is 15.8. The van der Waals surface area contributed by atoms with E-state index in [1.807, 2.05) is 38.1 Å². The number of aromatic amines is 1. The SMILES string of the molecule is CC(C)(c1ccc(Cc2ncccc2C(N)=O)cc1)c1nn[nH]n1. The van der Waals surface area contributed by atoms with Crippen LogP contribution in [-0.2, 0) is 11.8 Å². The fourth-order valence-corrected chi connectivity index (χ4v) is 2.59. The van der Waals surface area contributed by atoms with Crippen LogP contribution in [0.25, 0.3) is 0 Å². The van der Waals surface area contributed by atoms with Crippen molar-refractivity contribution in [2.75, 3.05) is 0 Å². The maximum Gasteiger partial charge on any atom is 0.250 e. The number of tetrazole rings is 1. The van der Waals surface area contributed by atoms with Crippen LogP contribution >= 0.6 is 0 Å². The van der Waals surface area contributed by atoms with Crippen molar-refractivity contribution in [1.29, 1.82) is 0 Å². The number of nitrogens with zero attached hydrogens (tertiary/aromatic N) is 4.